The van der Waals surface area contributed by atoms with Gasteiger partial charge in [-0.05, 0) is 59.2 Å². The minimum absolute atomic E-state index is 0.203. The molecule has 1 atom stereocenters. The van der Waals surface area contributed by atoms with Crippen LogP contribution >= 0.6 is 78.9 Å². The summed E-state index contributed by atoms with van der Waals surface area (Å²) in [5, 5.41) is 8.82. The van der Waals surface area contributed by atoms with E-state index in [1.807, 2.05) is 19.1 Å². The normalized spacial score (nSPS) is 12.4. The van der Waals surface area contributed by atoms with Crippen molar-refractivity contribution < 1.29 is 4.79 Å². The molecule has 3 N–H and O–H groups in total. The summed E-state index contributed by atoms with van der Waals surface area (Å²) < 4.78 is -0.00890. The summed E-state index contributed by atoms with van der Waals surface area (Å²) in [5.41, 5.74) is 1.74. The van der Waals surface area contributed by atoms with Crippen LogP contribution in [0.4, 0.5) is 5.69 Å². The van der Waals surface area contributed by atoms with Crippen LogP contribution in [0.5, 0.6) is 0 Å². The zero-order valence-electron chi connectivity index (χ0n) is 14.3. The molecule has 4 nitrogen and oxygen atoms in total. The Hall–Kier alpha value is 0.210. The third kappa shape index (κ3) is 8.48. The number of hydrogen-bond donors (Lipinski definition) is 3. The molecule has 10 heteroatoms. The van der Waals surface area contributed by atoms with Crippen molar-refractivity contribution in [3.63, 3.8) is 0 Å². The number of hydrogen-bond acceptors (Lipinski definition) is 2. The first-order chi connectivity index (χ1) is 12.0. The molecule has 0 fully saturated rings. The fourth-order valence-corrected chi connectivity index (χ4v) is 4.19. The van der Waals surface area contributed by atoms with E-state index in [9.17, 15) is 4.79 Å². The molecule has 0 aliphatic carbocycles. The lowest BCUT2D eigenvalue weighted by Crippen LogP contribution is -2.56. The fraction of sp³-hybridized carbons (Fsp3) is 0.500. The summed E-state index contributed by atoms with van der Waals surface area (Å²) in [5.74, 6) is -0.203. The maximum Gasteiger partial charge on any atom is 0.228 e. The average molecular weight is 569 g/mol. The van der Waals surface area contributed by atoms with Gasteiger partial charge in [-0.2, -0.15) is 0 Å². The predicted octanol–water partition coefficient (Wildman–Crippen LogP) is 6.20. The van der Waals surface area contributed by atoms with Gasteiger partial charge in [0.2, 0.25) is 9.70 Å². The smallest absolute Gasteiger partial charge is 0.228 e. The number of carbonyl (C=O) groups is 1. The maximum atomic E-state index is 12.1. The topological polar surface area (TPSA) is 53.2 Å². The van der Waals surface area contributed by atoms with Crippen molar-refractivity contribution in [1.29, 1.82) is 0 Å². The van der Waals surface area contributed by atoms with E-state index >= 15 is 0 Å². The number of unbranched alkanes of at least 4 members (excludes halogenated alkanes) is 2. The van der Waals surface area contributed by atoms with Gasteiger partial charge in [0, 0.05) is 15.4 Å². The zero-order chi connectivity index (χ0) is 19.9. The van der Waals surface area contributed by atoms with E-state index in [0.29, 0.717) is 6.42 Å². The van der Waals surface area contributed by atoms with Gasteiger partial charge in [0.1, 0.15) is 6.17 Å². The lowest BCUT2D eigenvalue weighted by molar-refractivity contribution is -0.122. The van der Waals surface area contributed by atoms with Crippen molar-refractivity contribution in [2.75, 3.05) is 5.32 Å². The Kier molecular flexibility index (Phi) is 10.5. The molecule has 1 rings (SSSR count). The molecule has 26 heavy (non-hydrogen) atoms. The second-order valence-electron chi connectivity index (χ2n) is 5.68. The summed E-state index contributed by atoms with van der Waals surface area (Å²) in [7, 11) is 0. The molecule has 0 saturated carbocycles. The van der Waals surface area contributed by atoms with Gasteiger partial charge >= 0.3 is 0 Å². The number of amides is 1. The molecule has 1 aromatic carbocycles. The maximum absolute atomic E-state index is 12.1. The van der Waals surface area contributed by atoms with Crippen LogP contribution in [0.15, 0.2) is 21.1 Å². The number of carbonyl (C=O) groups excluding carboxylic acids is 1. The van der Waals surface area contributed by atoms with Crippen LogP contribution in [0.1, 0.15) is 38.2 Å². The van der Waals surface area contributed by atoms with Crippen LogP contribution in [0.25, 0.3) is 0 Å². The average Bonchev–Trinajstić information content (AvgIpc) is 2.49. The highest BCUT2D eigenvalue weighted by atomic mass is 79.9. The number of benzene rings is 1. The largest absolute Gasteiger partial charge is 0.339 e. The molecule has 0 radical (unpaired) electrons. The lowest BCUT2D eigenvalue weighted by atomic mass is 10.2. The molecular weight excluding hydrogens is 548 g/mol. The molecule has 1 aromatic rings. The number of thiocarbonyl (C=S) groups is 1. The third-order valence-electron chi connectivity index (χ3n) is 3.41. The van der Waals surface area contributed by atoms with Gasteiger partial charge in [-0.25, -0.2) is 0 Å². The highest BCUT2D eigenvalue weighted by Gasteiger charge is 2.34. The van der Waals surface area contributed by atoms with Crippen LogP contribution in [-0.4, -0.2) is 21.0 Å². The molecule has 0 saturated heterocycles. The summed E-state index contributed by atoms with van der Waals surface area (Å²) in [6.45, 7) is 4.00. The van der Waals surface area contributed by atoms with Crippen molar-refractivity contribution in [2.24, 2.45) is 0 Å². The van der Waals surface area contributed by atoms with Gasteiger partial charge in [0.15, 0.2) is 5.11 Å². The van der Waals surface area contributed by atoms with Crippen LogP contribution in [-0.2, 0) is 4.79 Å². The van der Waals surface area contributed by atoms with Crippen molar-refractivity contribution in [1.82, 2.24) is 10.6 Å². The van der Waals surface area contributed by atoms with Gasteiger partial charge in [0.25, 0.3) is 0 Å². The van der Waals surface area contributed by atoms with Gasteiger partial charge in [-0.15, -0.1) is 0 Å². The molecule has 1 unspecified atom stereocenters. The number of anilines is 1. The summed E-state index contributed by atoms with van der Waals surface area (Å²) in [4.78, 5) is 12.1. The minimum Gasteiger partial charge on any atom is -0.339 e. The Morgan fingerprint density at radius 1 is 1.23 bits per heavy atom. The van der Waals surface area contributed by atoms with Crippen molar-refractivity contribution in [3.8, 4) is 0 Å². The zero-order valence-corrected chi connectivity index (χ0v) is 20.5. The molecule has 0 aromatic heterocycles. The summed E-state index contributed by atoms with van der Waals surface area (Å²) in [6.07, 6.45) is 2.17. The molecule has 0 aliphatic rings. The first-order valence-corrected chi connectivity index (χ1v) is 11.1. The van der Waals surface area contributed by atoms with Gasteiger partial charge in [0.05, 0.1) is 5.69 Å². The van der Waals surface area contributed by atoms with E-state index < -0.39 is 9.96 Å². The second-order valence-corrected chi connectivity index (χ2v) is 10.2. The number of nitrogens with one attached hydrogen (secondary N) is 3. The van der Waals surface area contributed by atoms with Gasteiger partial charge in [-0.3, -0.25) is 4.79 Å². The number of halogens is 5. The van der Waals surface area contributed by atoms with E-state index in [4.69, 9.17) is 47.0 Å². The molecular formula is C16H20Br2Cl3N3OS. The predicted molar refractivity (Wildman–Crippen MR) is 122 cm³/mol. The van der Waals surface area contributed by atoms with Crippen molar-refractivity contribution >= 4 is 95.6 Å². The standard InChI is InChI=1S/C16H20Br2Cl3N3OS/c1-3-4-5-6-12(25)22-14(16(19,20)21)24-15(26)23-13-9(2)7-10(17)8-11(13)18/h7-8,14H,3-6H2,1-2H3,(H,22,25)(H2,23,24,26). The van der Waals surface area contributed by atoms with E-state index in [1.165, 1.54) is 0 Å². The Labute approximate surface area is 191 Å². The Bertz CT molecular complexity index is 633. The lowest BCUT2D eigenvalue weighted by Gasteiger charge is -2.28. The van der Waals surface area contributed by atoms with E-state index in [1.54, 1.807) is 0 Å². The first-order valence-electron chi connectivity index (χ1n) is 7.93. The van der Waals surface area contributed by atoms with E-state index in [-0.39, 0.29) is 11.0 Å². The monoisotopic (exact) mass is 565 g/mol. The molecule has 0 spiro atoms. The quantitative estimate of drug-likeness (QED) is 0.159. The van der Waals surface area contributed by atoms with Crippen LogP contribution in [0.2, 0.25) is 0 Å². The van der Waals surface area contributed by atoms with Crippen molar-refractivity contribution in [2.45, 2.75) is 49.5 Å². The van der Waals surface area contributed by atoms with Crippen LogP contribution in [0.3, 0.4) is 0 Å². The molecule has 0 heterocycles. The van der Waals surface area contributed by atoms with Crippen LogP contribution in [0, 0.1) is 6.92 Å². The SMILES string of the molecule is CCCCCC(=O)NC(NC(=S)Nc1c(C)cc(Br)cc1Br)C(Cl)(Cl)Cl. The highest BCUT2D eigenvalue weighted by Crippen LogP contribution is 2.31. The summed E-state index contributed by atoms with van der Waals surface area (Å²) >= 11 is 30.2. The Balaban J connectivity index is 2.76. The number of rotatable bonds is 7. The molecule has 1 amide bonds. The molecule has 146 valence electrons. The highest BCUT2D eigenvalue weighted by molar-refractivity contribution is 9.11. The Morgan fingerprint density at radius 3 is 2.42 bits per heavy atom. The van der Waals surface area contributed by atoms with Crippen molar-refractivity contribution in [3.05, 3.63) is 26.6 Å². The van der Waals surface area contributed by atoms with Gasteiger partial charge < -0.3 is 16.0 Å². The number of alkyl halides is 3. The van der Waals surface area contributed by atoms with Crippen LogP contribution < -0.4 is 16.0 Å². The van der Waals surface area contributed by atoms with E-state index in [0.717, 1.165) is 39.5 Å². The second kappa shape index (κ2) is 11.3. The molecule has 0 bridgehead atoms. The Morgan fingerprint density at radius 2 is 1.88 bits per heavy atom. The fourth-order valence-electron chi connectivity index (χ4n) is 2.11. The number of aryl methyl sites for hydroxylation is 1. The third-order valence-corrected chi connectivity index (χ3v) is 5.36. The summed E-state index contributed by atoms with van der Waals surface area (Å²) in [6, 6.07) is 3.83. The minimum atomic E-state index is -1.77. The molecule has 0 aliphatic heterocycles. The van der Waals surface area contributed by atoms with E-state index in [2.05, 4.69) is 54.7 Å². The first kappa shape index (κ1) is 24.2. The van der Waals surface area contributed by atoms with Gasteiger partial charge in [-0.1, -0.05) is 70.5 Å².